The van der Waals surface area contributed by atoms with Crippen LogP contribution in [0.4, 0.5) is 0 Å². The number of hydrogen-bond acceptors (Lipinski definition) is 6. The Morgan fingerprint density at radius 3 is 2.74 bits per heavy atom. The summed E-state index contributed by atoms with van der Waals surface area (Å²) in [6, 6.07) is 0. The third-order valence-corrected chi connectivity index (χ3v) is 5.55. The smallest absolute Gasteiger partial charge is 0.246 e. The molecular formula is C13H22N6O3S. The molecule has 2 rings (SSSR count). The van der Waals surface area contributed by atoms with Crippen LogP contribution in [-0.2, 0) is 34.4 Å². The molecule has 2 aromatic heterocycles. The quantitative estimate of drug-likeness (QED) is 0.683. The number of methoxy groups -OCH3 is 1. The first-order chi connectivity index (χ1) is 10.9. The molecule has 9 nitrogen and oxygen atoms in total. The molecule has 0 amide bonds. The fourth-order valence-corrected chi connectivity index (χ4v) is 3.51. The number of aromatic nitrogens is 5. The molecule has 0 radical (unpaired) electrons. The van der Waals surface area contributed by atoms with E-state index in [-0.39, 0.29) is 11.4 Å². The van der Waals surface area contributed by atoms with Crippen molar-refractivity contribution in [3.8, 4) is 0 Å². The summed E-state index contributed by atoms with van der Waals surface area (Å²) in [5, 5.41) is 11.9. The lowest BCUT2D eigenvalue weighted by molar-refractivity contribution is 0.185. The zero-order chi connectivity index (χ0) is 17.0. The summed E-state index contributed by atoms with van der Waals surface area (Å²) < 4.78 is 35.2. The highest BCUT2D eigenvalue weighted by Gasteiger charge is 2.26. The summed E-state index contributed by atoms with van der Waals surface area (Å²) in [6.45, 7) is 5.49. The maximum absolute atomic E-state index is 12.7. The van der Waals surface area contributed by atoms with Gasteiger partial charge in [0.25, 0.3) is 0 Å². The van der Waals surface area contributed by atoms with Crippen LogP contribution in [0.15, 0.2) is 17.4 Å². The molecule has 0 N–H and O–H groups in total. The van der Waals surface area contributed by atoms with Gasteiger partial charge in [-0.3, -0.25) is 4.68 Å². The summed E-state index contributed by atoms with van der Waals surface area (Å²) in [6.07, 6.45) is 2.95. The lowest BCUT2D eigenvalue weighted by Gasteiger charge is -2.17. The molecule has 0 aliphatic carbocycles. The van der Waals surface area contributed by atoms with Crippen molar-refractivity contribution in [1.82, 2.24) is 28.9 Å². The number of aryl methyl sites for hydroxylation is 1. The minimum absolute atomic E-state index is 0.128. The molecule has 23 heavy (non-hydrogen) atoms. The van der Waals surface area contributed by atoms with Crippen LogP contribution in [0.1, 0.15) is 18.4 Å². The highest BCUT2D eigenvalue weighted by atomic mass is 32.2. The van der Waals surface area contributed by atoms with E-state index in [4.69, 9.17) is 4.74 Å². The van der Waals surface area contributed by atoms with Gasteiger partial charge in [0.1, 0.15) is 17.0 Å². The molecule has 0 unspecified atom stereocenters. The Morgan fingerprint density at radius 1 is 1.39 bits per heavy atom. The zero-order valence-corrected chi connectivity index (χ0v) is 14.6. The number of nitrogens with zero attached hydrogens (tertiary/aromatic N) is 6. The molecule has 0 aliphatic rings. The van der Waals surface area contributed by atoms with Crippen LogP contribution in [0.3, 0.4) is 0 Å². The van der Waals surface area contributed by atoms with Gasteiger partial charge < -0.3 is 9.30 Å². The molecule has 0 saturated heterocycles. The Bertz CT molecular complexity index is 752. The van der Waals surface area contributed by atoms with Crippen molar-refractivity contribution >= 4 is 10.0 Å². The fraction of sp³-hybridized carbons (Fsp3) is 0.615. The molecule has 2 heterocycles. The molecule has 0 saturated carbocycles. The van der Waals surface area contributed by atoms with Gasteiger partial charge in [0, 0.05) is 27.2 Å². The van der Waals surface area contributed by atoms with E-state index in [1.54, 1.807) is 29.6 Å². The topological polar surface area (TPSA) is 95.1 Å². The third-order valence-electron chi connectivity index (χ3n) is 3.64. The van der Waals surface area contributed by atoms with Crippen molar-refractivity contribution in [2.45, 2.75) is 38.4 Å². The second-order valence-electron chi connectivity index (χ2n) is 5.10. The van der Waals surface area contributed by atoms with Crippen LogP contribution in [0.5, 0.6) is 0 Å². The van der Waals surface area contributed by atoms with Gasteiger partial charge in [0.15, 0.2) is 0 Å². The average Bonchev–Trinajstić information content (AvgIpc) is 3.11. The maximum atomic E-state index is 12.7. The lowest BCUT2D eigenvalue weighted by Crippen LogP contribution is -2.28. The monoisotopic (exact) mass is 342 g/mol. The first-order valence-corrected chi connectivity index (χ1v) is 8.70. The number of sulfonamides is 1. The SMILES string of the molecule is CCn1ncc(S(=O)(=O)N(C)Cc2nncn2CCOC)c1C. The molecule has 0 aliphatic heterocycles. The van der Waals surface area contributed by atoms with E-state index in [0.29, 0.717) is 31.2 Å². The lowest BCUT2D eigenvalue weighted by atomic mass is 10.5. The van der Waals surface area contributed by atoms with Gasteiger partial charge >= 0.3 is 0 Å². The molecule has 2 aromatic rings. The van der Waals surface area contributed by atoms with E-state index < -0.39 is 10.0 Å². The van der Waals surface area contributed by atoms with Gasteiger partial charge in [0.05, 0.1) is 25.0 Å². The molecule has 128 valence electrons. The van der Waals surface area contributed by atoms with Gasteiger partial charge in [0.2, 0.25) is 10.0 Å². The van der Waals surface area contributed by atoms with Crippen molar-refractivity contribution in [3.05, 3.63) is 24.0 Å². The van der Waals surface area contributed by atoms with Gasteiger partial charge in [-0.15, -0.1) is 10.2 Å². The fourth-order valence-electron chi connectivity index (χ4n) is 2.23. The van der Waals surface area contributed by atoms with E-state index in [9.17, 15) is 8.42 Å². The molecule has 0 atom stereocenters. The molecule has 0 spiro atoms. The number of hydrogen-bond donors (Lipinski definition) is 0. The average molecular weight is 342 g/mol. The Morgan fingerprint density at radius 2 is 2.13 bits per heavy atom. The van der Waals surface area contributed by atoms with E-state index in [1.807, 2.05) is 6.92 Å². The van der Waals surface area contributed by atoms with E-state index in [0.717, 1.165) is 0 Å². The van der Waals surface area contributed by atoms with Crippen LogP contribution in [0.2, 0.25) is 0 Å². The standard InChI is InChI=1S/C13H22N6O3S/c1-5-19-11(2)12(8-15-19)23(20,21)17(3)9-13-16-14-10-18(13)6-7-22-4/h8,10H,5-7,9H2,1-4H3. The molecule has 10 heteroatoms. The van der Waals surface area contributed by atoms with E-state index >= 15 is 0 Å². The van der Waals surface area contributed by atoms with Crippen LogP contribution >= 0.6 is 0 Å². The highest BCUT2D eigenvalue weighted by molar-refractivity contribution is 7.89. The van der Waals surface area contributed by atoms with Crippen molar-refractivity contribution in [3.63, 3.8) is 0 Å². The van der Waals surface area contributed by atoms with E-state index in [2.05, 4.69) is 15.3 Å². The highest BCUT2D eigenvalue weighted by Crippen LogP contribution is 2.19. The molecule has 0 aromatic carbocycles. The van der Waals surface area contributed by atoms with Crippen LogP contribution in [0, 0.1) is 6.92 Å². The van der Waals surface area contributed by atoms with Gasteiger partial charge in [-0.25, -0.2) is 8.42 Å². The molecule has 0 fully saturated rings. The third kappa shape index (κ3) is 3.59. The molecular weight excluding hydrogens is 320 g/mol. The Kier molecular flexibility index (Phi) is 5.50. The van der Waals surface area contributed by atoms with Crippen molar-refractivity contribution in [2.24, 2.45) is 0 Å². The minimum Gasteiger partial charge on any atom is -0.383 e. The van der Waals surface area contributed by atoms with Gasteiger partial charge in [-0.1, -0.05) is 0 Å². The molecule has 0 bridgehead atoms. The Balaban J connectivity index is 2.20. The van der Waals surface area contributed by atoms with E-state index in [1.165, 1.54) is 17.5 Å². The summed E-state index contributed by atoms with van der Waals surface area (Å²) in [7, 11) is -0.507. The largest absolute Gasteiger partial charge is 0.383 e. The van der Waals surface area contributed by atoms with Gasteiger partial charge in [-0.05, 0) is 13.8 Å². The maximum Gasteiger partial charge on any atom is 0.246 e. The number of rotatable bonds is 8. The van der Waals surface area contributed by atoms with Crippen LogP contribution in [0.25, 0.3) is 0 Å². The second-order valence-corrected chi connectivity index (χ2v) is 7.12. The zero-order valence-electron chi connectivity index (χ0n) is 13.8. The number of ether oxygens (including phenoxy) is 1. The van der Waals surface area contributed by atoms with Crippen LogP contribution in [-0.4, -0.2) is 58.0 Å². The summed E-state index contributed by atoms with van der Waals surface area (Å²) in [4.78, 5) is 0.213. The predicted octanol–water partition coefficient (Wildman–Crippen LogP) is 0.270. The summed E-state index contributed by atoms with van der Waals surface area (Å²) >= 11 is 0. The second kappa shape index (κ2) is 7.20. The van der Waals surface area contributed by atoms with Crippen molar-refractivity contribution in [2.75, 3.05) is 20.8 Å². The Hall–Kier alpha value is -1.78. The van der Waals surface area contributed by atoms with Gasteiger partial charge in [-0.2, -0.15) is 9.40 Å². The van der Waals surface area contributed by atoms with Crippen LogP contribution < -0.4 is 0 Å². The van der Waals surface area contributed by atoms with Crippen molar-refractivity contribution < 1.29 is 13.2 Å². The Labute approximate surface area is 135 Å². The summed E-state index contributed by atoms with van der Waals surface area (Å²) in [5.74, 6) is 0.564. The summed E-state index contributed by atoms with van der Waals surface area (Å²) in [5.41, 5.74) is 0.625. The predicted molar refractivity (Wildman–Crippen MR) is 83.2 cm³/mol. The normalized spacial score (nSPS) is 12.2. The minimum atomic E-state index is -3.63. The van der Waals surface area contributed by atoms with Crippen molar-refractivity contribution in [1.29, 1.82) is 0 Å². The first kappa shape index (κ1) is 17.6. The first-order valence-electron chi connectivity index (χ1n) is 7.26.